The molecule has 1 amide bonds. The molecule has 5 rings (SSSR count). The molecule has 1 aliphatic rings. The predicted molar refractivity (Wildman–Crippen MR) is 131 cm³/mol. The van der Waals surface area contributed by atoms with Crippen molar-refractivity contribution in [3.8, 4) is 27.8 Å². The van der Waals surface area contributed by atoms with Gasteiger partial charge in [-0.3, -0.25) is 14.6 Å². The van der Waals surface area contributed by atoms with E-state index < -0.39 is 0 Å². The molecule has 1 aromatic carbocycles. The smallest absolute Gasteiger partial charge is 0.252 e. The summed E-state index contributed by atoms with van der Waals surface area (Å²) in [6.07, 6.45) is 6.33. The molecule has 1 aliphatic carbocycles. The van der Waals surface area contributed by atoms with Crippen molar-refractivity contribution in [2.24, 2.45) is 5.92 Å². The van der Waals surface area contributed by atoms with Gasteiger partial charge in [0, 0.05) is 24.1 Å². The number of H-pyrrole nitrogens is 1. The summed E-state index contributed by atoms with van der Waals surface area (Å²) < 4.78 is 1.52. The summed E-state index contributed by atoms with van der Waals surface area (Å²) in [6, 6.07) is 16.7. The lowest BCUT2D eigenvalue weighted by Crippen LogP contribution is -2.21. The maximum Gasteiger partial charge on any atom is 0.252 e. The Labute approximate surface area is 195 Å². The molecule has 3 aromatic heterocycles. The Morgan fingerprint density at radius 1 is 1.06 bits per heavy atom. The highest BCUT2D eigenvalue weighted by atomic mass is 32.1. The molecule has 8 heteroatoms. The fourth-order valence-corrected chi connectivity index (χ4v) is 5.01. The lowest BCUT2D eigenvalue weighted by atomic mass is 9.87. The summed E-state index contributed by atoms with van der Waals surface area (Å²) in [4.78, 5) is 33.7. The molecule has 168 valence electrons. The number of thiophene rings is 1. The number of amides is 1. The first-order valence-electron chi connectivity index (χ1n) is 11.3. The highest BCUT2D eigenvalue weighted by Gasteiger charge is 2.20. The molecule has 0 unspecified atom stereocenters. The normalized spacial score (nSPS) is 14.3. The molecule has 1 fully saturated rings. The summed E-state index contributed by atoms with van der Waals surface area (Å²) in [5.74, 6) is 1.14. The molecule has 33 heavy (non-hydrogen) atoms. The van der Waals surface area contributed by atoms with Gasteiger partial charge in [-0.1, -0.05) is 55.7 Å². The van der Waals surface area contributed by atoms with Crippen LogP contribution < -0.4 is 10.9 Å². The van der Waals surface area contributed by atoms with Gasteiger partial charge in [0.1, 0.15) is 11.5 Å². The quantitative estimate of drug-likeness (QED) is 0.411. The van der Waals surface area contributed by atoms with Crippen LogP contribution in [0, 0.1) is 5.92 Å². The first kappa shape index (κ1) is 21.3. The zero-order chi connectivity index (χ0) is 22.6. The predicted octanol–water partition coefficient (Wildman–Crippen LogP) is 5.26. The SMILES string of the molecule is O=C(CC1CCCCC1)Nc1cc(-c2cccs2)nn1-c1nc(-c2ccccc2)cc(=O)[nH]1. The number of aromatic amines is 1. The van der Waals surface area contributed by atoms with Crippen molar-refractivity contribution >= 4 is 23.1 Å². The molecular formula is C25H25N5O2S. The second-order valence-corrected chi connectivity index (χ2v) is 9.33. The number of anilines is 1. The highest BCUT2D eigenvalue weighted by Crippen LogP contribution is 2.29. The lowest BCUT2D eigenvalue weighted by Gasteiger charge is -2.20. The number of nitrogens with zero attached hydrogens (tertiary/aromatic N) is 3. The van der Waals surface area contributed by atoms with Crippen molar-refractivity contribution in [2.45, 2.75) is 38.5 Å². The number of nitrogens with one attached hydrogen (secondary N) is 2. The van der Waals surface area contributed by atoms with E-state index in [1.165, 1.54) is 30.0 Å². The number of hydrogen-bond donors (Lipinski definition) is 2. The second-order valence-electron chi connectivity index (χ2n) is 8.38. The number of carbonyl (C=O) groups excluding carboxylic acids is 1. The van der Waals surface area contributed by atoms with Crippen LogP contribution >= 0.6 is 11.3 Å². The zero-order valence-electron chi connectivity index (χ0n) is 18.2. The van der Waals surface area contributed by atoms with Crippen LogP contribution in [0.3, 0.4) is 0 Å². The van der Waals surface area contributed by atoms with E-state index in [4.69, 9.17) is 0 Å². The van der Waals surface area contributed by atoms with E-state index in [-0.39, 0.29) is 17.4 Å². The van der Waals surface area contributed by atoms with Crippen LogP contribution in [-0.2, 0) is 4.79 Å². The molecule has 1 saturated carbocycles. The van der Waals surface area contributed by atoms with Gasteiger partial charge in [0.05, 0.1) is 10.6 Å². The largest absolute Gasteiger partial charge is 0.310 e. The monoisotopic (exact) mass is 459 g/mol. The van der Waals surface area contributed by atoms with Gasteiger partial charge >= 0.3 is 0 Å². The molecule has 0 saturated heterocycles. The topological polar surface area (TPSA) is 92.7 Å². The van der Waals surface area contributed by atoms with Crippen molar-refractivity contribution in [3.05, 3.63) is 70.3 Å². The third-order valence-corrected chi connectivity index (χ3v) is 6.84. The van der Waals surface area contributed by atoms with E-state index in [0.717, 1.165) is 23.3 Å². The van der Waals surface area contributed by atoms with Crippen LogP contribution in [0.15, 0.2) is 64.8 Å². The van der Waals surface area contributed by atoms with Crippen molar-refractivity contribution < 1.29 is 4.79 Å². The van der Waals surface area contributed by atoms with Crippen LogP contribution in [-0.4, -0.2) is 25.7 Å². The molecule has 0 aliphatic heterocycles. The van der Waals surface area contributed by atoms with Gasteiger partial charge < -0.3 is 5.32 Å². The summed E-state index contributed by atoms with van der Waals surface area (Å²) in [5.41, 5.74) is 1.80. The summed E-state index contributed by atoms with van der Waals surface area (Å²) in [7, 11) is 0. The molecule has 0 bridgehead atoms. The molecule has 3 heterocycles. The Bertz CT molecular complexity index is 1290. The van der Waals surface area contributed by atoms with E-state index >= 15 is 0 Å². The second kappa shape index (κ2) is 9.54. The molecule has 0 spiro atoms. The van der Waals surface area contributed by atoms with Crippen molar-refractivity contribution in [1.29, 1.82) is 0 Å². The fraction of sp³-hybridized carbons (Fsp3) is 0.280. The maximum absolute atomic E-state index is 12.9. The Hall–Kier alpha value is -3.52. The van der Waals surface area contributed by atoms with Crippen LogP contribution in [0.4, 0.5) is 5.82 Å². The number of rotatable bonds is 6. The molecule has 2 N–H and O–H groups in total. The van der Waals surface area contributed by atoms with Crippen molar-refractivity contribution in [3.63, 3.8) is 0 Å². The Morgan fingerprint density at radius 3 is 2.64 bits per heavy atom. The molecule has 0 atom stereocenters. The molecular weight excluding hydrogens is 434 g/mol. The molecule has 4 aromatic rings. The van der Waals surface area contributed by atoms with E-state index in [9.17, 15) is 9.59 Å². The van der Waals surface area contributed by atoms with Crippen LogP contribution in [0.1, 0.15) is 38.5 Å². The Morgan fingerprint density at radius 2 is 1.88 bits per heavy atom. The van der Waals surface area contributed by atoms with Crippen molar-refractivity contribution in [2.75, 3.05) is 5.32 Å². The van der Waals surface area contributed by atoms with Gasteiger partial charge in [0.25, 0.3) is 5.56 Å². The fourth-order valence-electron chi connectivity index (χ4n) is 4.33. The summed E-state index contributed by atoms with van der Waals surface area (Å²) in [6.45, 7) is 0. The third-order valence-electron chi connectivity index (χ3n) is 5.95. The summed E-state index contributed by atoms with van der Waals surface area (Å²) >= 11 is 1.56. The van der Waals surface area contributed by atoms with Gasteiger partial charge in [-0.2, -0.15) is 9.78 Å². The minimum Gasteiger partial charge on any atom is -0.310 e. The Balaban J connectivity index is 1.50. The van der Waals surface area contributed by atoms with Gasteiger partial charge in [-0.15, -0.1) is 11.3 Å². The van der Waals surface area contributed by atoms with Crippen LogP contribution in [0.5, 0.6) is 0 Å². The van der Waals surface area contributed by atoms with E-state index in [1.54, 1.807) is 11.3 Å². The third kappa shape index (κ3) is 4.96. The minimum atomic E-state index is -0.286. The average molecular weight is 460 g/mol. The number of carbonyl (C=O) groups is 1. The molecule has 0 radical (unpaired) electrons. The number of benzene rings is 1. The van der Waals surface area contributed by atoms with E-state index in [0.29, 0.717) is 29.5 Å². The average Bonchev–Trinajstić information content (AvgIpc) is 3.50. The van der Waals surface area contributed by atoms with Gasteiger partial charge in [-0.05, 0) is 30.2 Å². The summed E-state index contributed by atoms with van der Waals surface area (Å²) in [5, 5.41) is 9.68. The standard InChI is InChI=1S/C25H25N5O2S/c31-23(14-17-8-3-1-4-9-17)27-22-15-20(21-12-7-13-33-21)29-30(22)25-26-19(16-24(32)28-25)18-10-5-2-6-11-18/h2,5-7,10-13,15-17H,1,3-4,8-9,14H2,(H,27,31)(H,26,28,32). The Kier molecular flexibility index (Phi) is 6.17. The van der Waals surface area contributed by atoms with Gasteiger partial charge in [0.2, 0.25) is 11.9 Å². The zero-order valence-corrected chi connectivity index (χ0v) is 19.0. The molecule has 7 nitrogen and oxygen atoms in total. The van der Waals surface area contributed by atoms with Crippen LogP contribution in [0.25, 0.3) is 27.8 Å². The lowest BCUT2D eigenvalue weighted by molar-refractivity contribution is -0.117. The van der Waals surface area contributed by atoms with Crippen molar-refractivity contribution in [1.82, 2.24) is 19.7 Å². The maximum atomic E-state index is 12.9. The first-order valence-corrected chi connectivity index (χ1v) is 12.1. The van der Waals surface area contributed by atoms with E-state index in [2.05, 4.69) is 20.4 Å². The minimum absolute atomic E-state index is 0.0395. The van der Waals surface area contributed by atoms with Gasteiger partial charge in [0.15, 0.2) is 0 Å². The number of aromatic nitrogens is 4. The highest BCUT2D eigenvalue weighted by molar-refractivity contribution is 7.13. The number of hydrogen-bond acceptors (Lipinski definition) is 5. The van der Waals surface area contributed by atoms with Crippen LogP contribution in [0.2, 0.25) is 0 Å². The van der Waals surface area contributed by atoms with Gasteiger partial charge in [-0.25, -0.2) is 4.98 Å². The van der Waals surface area contributed by atoms with E-state index in [1.807, 2.05) is 53.9 Å². The first-order chi connectivity index (χ1) is 16.2.